The summed E-state index contributed by atoms with van der Waals surface area (Å²) in [4.78, 5) is 48.0. The van der Waals surface area contributed by atoms with Crippen LogP contribution in [0, 0.1) is 11.8 Å². The minimum absolute atomic E-state index is 0.0994. The van der Waals surface area contributed by atoms with Gasteiger partial charge in [0.2, 0.25) is 17.7 Å². The molecule has 0 aliphatic carbocycles. The van der Waals surface area contributed by atoms with Crippen LogP contribution in [-0.2, 0) is 19.1 Å². The van der Waals surface area contributed by atoms with Crippen LogP contribution < -0.4 is 4.90 Å². The molecule has 0 saturated carbocycles. The molecule has 1 aromatic carbocycles. The smallest absolute Gasteiger partial charge is 0.248 e. The van der Waals surface area contributed by atoms with Crippen LogP contribution in [0.25, 0.3) is 0 Å². The summed E-state index contributed by atoms with van der Waals surface area (Å²) in [7, 11) is 0. The highest BCUT2D eigenvalue weighted by molar-refractivity contribution is 6.03. The van der Waals surface area contributed by atoms with Crippen LogP contribution in [-0.4, -0.2) is 82.7 Å². The normalized spacial score (nSPS) is 28.8. The molecule has 3 fully saturated rings. The molecule has 3 amide bonds. The van der Waals surface area contributed by atoms with Gasteiger partial charge in [0, 0.05) is 38.5 Å². The Kier molecular flexibility index (Phi) is 8.96. The number of hydrogen-bond donors (Lipinski definition) is 1. The number of para-hydroxylation sites is 1. The van der Waals surface area contributed by atoms with Gasteiger partial charge in [-0.15, -0.1) is 13.2 Å². The molecule has 2 bridgehead atoms. The Labute approximate surface area is 232 Å². The molecule has 3 heterocycles. The van der Waals surface area contributed by atoms with Crippen molar-refractivity contribution in [2.75, 3.05) is 37.7 Å². The van der Waals surface area contributed by atoms with E-state index in [9.17, 15) is 19.5 Å². The van der Waals surface area contributed by atoms with Crippen molar-refractivity contribution in [3.8, 4) is 0 Å². The minimum Gasteiger partial charge on any atom is -0.396 e. The van der Waals surface area contributed by atoms with Crippen LogP contribution in [0.5, 0.6) is 0 Å². The number of rotatable bonds is 14. The fourth-order valence-corrected chi connectivity index (χ4v) is 7.05. The fraction of sp³-hybridized carbons (Fsp3) is 0.581. The van der Waals surface area contributed by atoms with Gasteiger partial charge in [-0.05, 0) is 44.2 Å². The summed E-state index contributed by atoms with van der Waals surface area (Å²) >= 11 is 0. The number of ether oxygens (including phenoxy) is 1. The highest BCUT2D eigenvalue weighted by Gasteiger charge is 2.79. The number of aliphatic hydroxyl groups excluding tert-OH is 1. The molecular formula is C31H43N3O5. The molecule has 3 aliphatic rings. The van der Waals surface area contributed by atoms with E-state index in [0.717, 1.165) is 18.5 Å². The van der Waals surface area contributed by atoms with E-state index in [1.807, 2.05) is 37.3 Å². The minimum atomic E-state index is -1.08. The molecule has 8 heteroatoms. The second kappa shape index (κ2) is 12.0. The number of hydrogen-bond acceptors (Lipinski definition) is 5. The van der Waals surface area contributed by atoms with E-state index in [0.29, 0.717) is 45.3 Å². The van der Waals surface area contributed by atoms with Crippen LogP contribution in [0.4, 0.5) is 5.69 Å². The number of anilines is 1. The molecule has 1 N–H and O–H groups in total. The zero-order valence-corrected chi connectivity index (χ0v) is 23.4. The Morgan fingerprint density at radius 3 is 2.44 bits per heavy atom. The summed E-state index contributed by atoms with van der Waals surface area (Å²) in [6.45, 7) is 13.1. The number of carbonyl (C=O) groups excluding carboxylic acids is 3. The van der Waals surface area contributed by atoms with E-state index >= 15 is 0 Å². The topological polar surface area (TPSA) is 90.4 Å². The predicted octanol–water partition coefficient (Wildman–Crippen LogP) is 3.56. The van der Waals surface area contributed by atoms with Crippen molar-refractivity contribution >= 4 is 23.4 Å². The summed E-state index contributed by atoms with van der Waals surface area (Å²) in [5.41, 5.74) is -1.17. The lowest BCUT2D eigenvalue weighted by molar-refractivity contribution is -0.152. The van der Waals surface area contributed by atoms with Crippen LogP contribution in [0.1, 0.15) is 52.4 Å². The van der Waals surface area contributed by atoms with Gasteiger partial charge in [0.1, 0.15) is 11.6 Å². The fourth-order valence-electron chi connectivity index (χ4n) is 7.05. The van der Waals surface area contributed by atoms with E-state index in [1.165, 1.54) is 0 Å². The van der Waals surface area contributed by atoms with Gasteiger partial charge >= 0.3 is 0 Å². The largest absolute Gasteiger partial charge is 0.396 e. The number of aliphatic hydroxyl groups is 1. The molecule has 3 saturated heterocycles. The Morgan fingerprint density at radius 1 is 1.10 bits per heavy atom. The van der Waals surface area contributed by atoms with Gasteiger partial charge in [-0.25, -0.2) is 0 Å². The zero-order valence-electron chi connectivity index (χ0n) is 23.4. The molecule has 3 aliphatic heterocycles. The Morgan fingerprint density at radius 2 is 1.82 bits per heavy atom. The number of unbranched alkanes of at least 4 members (excludes halogenated alkanes) is 1. The molecule has 8 nitrogen and oxygen atoms in total. The summed E-state index contributed by atoms with van der Waals surface area (Å²) in [5, 5.41) is 9.61. The van der Waals surface area contributed by atoms with E-state index in [1.54, 1.807) is 26.9 Å². The number of nitrogens with zero attached hydrogens (tertiary/aromatic N) is 3. The zero-order chi connectivity index (χ0) is 28.2. The van der Waals surface area contributed by atoms with Crippen molar-refractivity contribution in [3.05, 3.63) is 55.6 Å². The maximum atomic E-state index is 14.4. The predicted molar refractivity (Wildman–Crippen MR) is 151 cm³/mol. The van der Waals surface area contributed by atoms with E-state index in [2.05, 4.69) is 20.1 Å². The molecule has 1 spiro atoms. The first-order chi connectivity index (χ1) is 18.9. The van der Waals surface area contributed by atoms with Gasteiger partial charge < -0.3 is 24.5 Å². The third kappa shape index (κ3) is 4.82. The molecule has 5 atom stereocenters. The monoisotopic (exact) mass is 537 g/mol. The summed E-state index contributed by atoms with van der Waals surface area (Å²) in [6.07, 6.45) is 7.21. The average molecular weight is 538 g/mol. The maximum absolute atomic E-state index is 14.4. The van der Waals surface area contributed by atoms with Crippen molar-refractivity contribution in [2.45, 2.75) is 69.6 Å². The van der Waals surface area contributed by atoms with E-state index < -0.39 is 29.1 Å². The van der Waals surface area contributed by atoms with Gasteiger partial charge in [-0.2, -0.15) is 0 Å². The molecule has 1 aromatic rings. The second-order valence-corrected chi connectivity index (χ2v) is 10.9. The Balaban J connectivity index is 1.79. The van der Waals surface area contributed by atoms with Crippen molar-refractivity contribution in [2.24, 2.45) is 11.8 Å². The quantitative estimate of drug-likeness (QED) is 0.367. The van der Waals surface area contributed by atoms with Gasteiger partial charge in [-0.1, -0.05) is 50.6 Å². The first kappa shape index (κ1) is 29.0. The summed E-state index contributed by atoms with van der Waals surface area (Å²) in [6, 6.07) is 8.57. The van der Waals surface area contributed by atoms with Crippen LogP contribution in [0.3, 0.4) is 0 Å². The van der Waals surface area contributed by atoms with Gasteiger partial charge in [0.25, 0.3) is 0 Å². The van der Waals surface area contributed by atoms with Gasteiger partial charge in [0.15, 0.2) is 0 Å². The number of amides is 3. The highest BCUT2D eigenvalue weighted by Crippen LogP contribution is 2.64. The molecular weight excluding hydrogens is 494 g/mol. The highest BCUT2D eigenvalue weighted by atomic mass is 16.5. The summed E-state index contributed by atoms with van der Waals surface area (Å²) in [5.74, 6) is -2.05. The molecule has 212 valence electrons. The lowest BCUT2D eigenvalue weighted by Gasteiger charge is -2.37. The van der Waals surface area contributed by atoms with Crippen molar-refractivity contribution in [1.29, 1.82) is 0 Å². The van der Waals surface area contributed by atoms with Gasteiger partial charge in [0.05, 0.1) is 17.4 Å². The third-order valence-electron chi connectivity index (χ3n) is 8.83. The third-order valence-corrected chi connectivity index (χ3v) is 8.83. The first-order valence-electron chi connectivity index (χ1n) is 14.3. The van der Waals surface area contributed by atoms with Crippen LogP contribution in [0.2, 0.25) is 0 Å². The van der Waals surface area contributed by atoms with Crippen molar-refractivity contribution in [1.82, 2.24) is 9.80 Å². The lowest BCUT2D eigenvalue weighted by Crippen LogP contribution is -2.56. The van der Waals surface area contributed by atoms with E-state index in [-0.39, 0.29) is 30.9 Å². The molecule has 0 radical (unpaired) electrons. The van der Waals surface area contributed by atoms with Gasteiger partial charge in [-0.3, -0.25) is 14.4 Å². The van der Waals surface area contributed by atoms with Crippen LogP contribution >= 0.6 is 0 Å². The van der Waals surface area contributed by atoms with E-state index in [4.69, 9.17) is 4.74 Å². The number of benzene rings is 1. The molecule has 4 rings (SSSR count). The maximum Gasteiger partial charge on any atom is 0.248 e. The number of likely N-dealkylation sites (tertiary alicyclic amines) is 1. The van der Waals surface area contributed by atoms with Crippen molar-refractivity contribution < 1.29 is 24.2 Å². The molecule has 39 heavy (non-hydrogen) atoms. The molecule has 2 unspecified atom stereocenters. The number of carbonyl (C=O) groups is 3. The standard InChI is InChI=1S/C31H43N3O5/c1-5-9-20-32(18-6-2)29(38)26-31-17-16-30(8-4,39-31)24(25(31)28(37)34(26)21-13-22-35)27(36)33(19-7-3)23-14-11-10-12-15-23/h6-7,10-12,14-15,24-26,35H,2-3,5,8-9,13,16-22H2,1,4H3/t24-,25+,26?,30+,31?/m1/s1. The summed E-state index contributed by atoms with van der Waals surface area (Å²) < 4.78 is 6.89. The SMILES string of the molecule is C=CCN(CCCC)C(=O)C1N(CCCO)C(=O)[C@@H]2[C@H](C(=O)N(CC=C)c3ccccc3)[C@]3(CC)CCC12O3. The lowest BCUT2D eigenvalue weighted by atomic mass is 9.64. The van der Waals surface area contributed by atoms with Crippen LogP contribution in [0.15, 0.2) is 55.6 Å². The Hall–Kier alpha value is -2.97. The Bertz CT molecular complexity index is 1080. The number of fused-ring (bicyclic) bond motifs is 1. The second-order valence-electron chi connectivity index (χ2n) is 10.9. The molecule has 0 aromatic heterocycles. The first-order valence-corrected chi connectivity index (χ1v) is 14.3. The van der Waals surface area contributed by atoms with Crippen molar-refractivity contribution in [3.63, 3.8) is 0 Å². The average Bonchev–Trinajstić information content (AvgIpc) is 3.56.